The Morgan fingerprint density at radius 3 is 0.842 bits per heavy atom. The zero-order chi connectivity index (χ0) is 55.0. The SMILES string of the molecule is CC/C=C\C/C=C\C/C=C\CCCCCCCCCC(=O)OC(COC(=O)CCCCCCC/C=C\C/C=C\CCCC)COC(=O)CCCCCCCCCCCCCCCCCCCCCCCCCCCCC. The first-order valence-corrected chi connectivity index (χ1v) is 33.3. The predicted octanol–water partition coefficient (Wildman–Crippen LogP) is 22.7. The Bertz CT molecular complexity index is 1360. The second-order valence-corrected chi connectivity index (χ2v) is 22.4. The lowest BCUT2D eigenvalue weighted by Gasteiger charge is -2.18. The number of carbonyl (C=O) groups is 3. The first kappa shape index (κ1) is 73.1. The molecule has 0 saturated carbocycles. The number of hydrogen-bond donors (Lipinski definition) is 0. The fraction of sp³-hybridized carbons (Fsp3) is 0.814. The molecule has 0 aliphatic carbocycles. The van der Waals surface area contributed by atoms with E-state index in [1.165, 1.54) is 205 Å². The number of esters is 3. The average molecular weight is 1060 g/mol. The van der Waals surface area contributed by atoms with Crippen LogP contribution in [-0.4, -0.2) is 37.2 Å². The number of allylic oxidation sites excluding steroid dienone is 10. The topological polar surface area (TPSA) is 78.9 Å². The molecule has 6 nitrogen and oxygen atoms in total. The summed E-state index contributed by atoms with van der Waals surface area (Å²) in [6, 6.07) is 0. The van der Waals surface area contributed by atoms with Crippen LogP contribution in [0.1, 0.15) is 348 Å². The maximum Gasteiger partial charge on any atom is 0.306 e. The van der Waals surface area contributed by atoms with E-state index in [9.17, 15) is 14.4 Å². The fourth-order valence-corrected chi connectivity index (χ4v) is 9.77. The Kier molecular flexibility index (Phi) is 62.2. The van der Waals surface area contributed by atoms with Crippen LogP contribution in [0.15, 0.2) is 60.8 Å². The lowest BCUT2D eigenvalue weighted by Crippen LogP contribution is -2.30. The molecular weight excluding hydrogens is 937 g/mol. The van der Waals surface area contributed by atoms with E-state index in [0.717, 1.165) is 103 Å². The molecule has 0 N–H and O–H groups in total. The van der Waals surface area contributed by atoms with Crippen LogP contribution in [0.2, 0.25) is 0 Å². The third-order valence-corrected chi connectivity index (χ3v) is 14.8. The van der Waals surface area contributed by atoms with Gasteiger partial charge in [0.2, 0.25) is 0 Å². The summed E-state index contributed by atoms with van der Waals surface area (Å²) >= 11 is 0. The number of hydrogen-bond acceptors (Lipinski definition) is 6. The number of unbranched alkanes of at least 4 members (excludes halogenated alkanes) is 40. The van der Waals surface area contributed by atoms with Crippen molar-refractivity contribution < 1.29 is 28.6 Å². The Morgan fingerprint density at radius 2 is 0.526 bits per heavy atom. The summed E-state index contributed by atoms with van der Waals surface area (Å²) in [5.74, 6) is -0.886. The highest BCUT2D eigenvalue weighted by molar-refractivity contribution is 5.71. The molecule has 6 heteroatoms. The molecule has 0 aromatic carbocycles. The van der Waals surface area contributed by atoms with E-state index in [0.29, 0.717) is 19.3 Å². The van der Waals surface area contributed by atoms with E-state index in [1.807, 2.05) is 0 Å². The molecular formula is C70H126O6. The van der Waals surface area contributed by atoms with Gasteiger partial charge in [0.25, 0.3) is 0 Å². The van der Waals surface area contributed by atoms with E-state index in [2.05, 4.69) is 81.5 Å². The van der Waals surface area contributed by atoms with Crippen LogP contribution in [0.4, 0.5) is 0 Å². The number of rotatable bonds is 61. The maximum absolute atomic E-state index is 12.9. The molecule has 0 fully saturated rings. The predicted molar refractivity (Wildman–Crippen MR) is 330 cm³/mol. The van der Waals surface area contributed by atoms with Crippen molar-refractivity contribution in [2.24, 2.45) is 0 Å². The van der Waals surface area contributed by atoms with Crippen molar-refractivity contribution in [1.82, 2.24) is 0 Å². The molecule has 442 valence electrons. The van der Waals surface area contributed by atoms with Gasteiger partial charge in [-0.25, -0.2) is 0 Å². The smallest absolute Gasteiger partial charge is 0.306 e. The van der Waals surface area contributed by atoms with E-state index in [4.69, 9.17) is 14.2 Å². The highest BCUT2D eigenvalue weighted by Gasteiger charge is 2.19. The molecule has 1 atom stereocenters. The quantitative estimate of drug-likeness (QED) is 0.0261. The highest BCUT2D eigenvalue weighted by Crippen LogP contribution is 2.18. The summed E-state index contributed by atoms with van der Waals surface area (Å²) in [6.07, 6.45) is 82.5. The Hall–Kier alpha value is -2.89. The van der Waals surface area contributed by atoms with Gasteiger partial charge in [-0.15, -0.1) is 0 Å². The lowest BCUT2D eigenvalue weighted by atomic mass is 10.0. The van der Waals surface area contributed by atoms with Gasteiger partial charge >= 0.3 is 17.9 Å². The van der Waals surface area contributed by atoms with Gasteiger partial charge in [0, 0.05) is 19.3 Å². The van der Waals surface area contributed by atoms with E-state index in [1.54, 1.807) is 0 Å². The monoisotopic (exact) mass is 1060 g/mol. The molecule has 76 heavy (non-hydrogen) atoms. The molecule has 0 rings (SSSR count). The third kappa shape index (κ3) is 62.0. The summed E-state index contributed by atoms with van der Waals surface area (Å²) in [5.41, 5.74) is 0. The largest absolute Gasteiger partial charge is 0.462 e. The van der Waals surface area contributed by atoms with E-state index >= 15 is 0 Å². The number of carbonyl (C=O) groups excluding carboxylic acids is 3. The molecule has 1 unspecified atom stereocenters. The van der Waals surface area contributed by atoms with Crippen molar-refractivity contribution in [2.75, 3.05) is 13.2 Å². The van der Waals surface area contributed by atoms with Crippen molar-refractivity contribution in [3.63, 3.8) is 0 Å². The molecule has 0 amide bonds. The summed E-state index contributed by atoms with van der Waals surface area (Å²) in [6.45, 7) is 6.52. The summed E-state index contributed by atoms with van der Waals surface area (Å²) in [4.78, 5) is 38.3. The van der Waals surface area contributed by atoms with E-state index < -0.39 is 6.10 Å². The summed E-state index contributed by atoms with van der Waals surface area (Å²) in [7, 11) is 0. The second kappa shape index (κ2) is 64.6. The van der Waals surface area contributed by atoms with Gasteiger partial charge in [0.05, 0.1) is 0 Å². The number of ether oxygens (including phenoxy) is 3. The molecule has 0 bridgehead atoms. The molecule has 0 heterocycles. The van der Waals surface area contributed by atoms with Gasteiger partial charge in [-0.2, -0.15) is 0 Å². The van der Waals surface area contributed by atoms with Crippen LogP contribution in [0.25, 0.3) is 0 Å². The minimum absolute atomic E-state index is 0.0799. The average Bonchev–Trinajstić information content (AvgIpc) is 3.42. The fourth-order valence-electron chi connectivity index (χ4n) is 9.77. The first-order chi connectivity index (χ1) is 37.5. The molecule has 0 aromatic heterocycles. The van der Waals surface area contributed by atoms with Crippen molar-refractivity contribution in [1.29, 1.82) is 0 Å². The normalized spacial score (nSPS) is 12.4. The van der Waals surface area contributed by atoms with Gasteiger partial charge in [-0.3, -0.25) is 14.4 Å². The highest BCUT2D eigenvalue weighted by atomic mass is 16.6. The van der Waals surface area contributed by atoms with Gasteiger partial charge in [-0.1, -0.05) is 313 Å². The minimum Gasteiger partial charge on any atom is -0.462 e. The van der Waals surface area contributed by atoms with Crippen molar-refractivity contribution in [3.8, 4) is 0 Å². The molecule has 0 aromatic rings. The molecule has 0 spiro atoms. The van der Waals surface area contributed by atoms with Crippen LogP contribution in [0.3, 0.4) is 0 Å². The Morgan fingerprint density at radius 1 is 0.276 bits per heavy atom. The van der Waals surface area contributed by atoms with Gasteiger partial charge in [-0.05, 0) is 77.0 Å². The molecule has 0 aliphatic heterocycles. The van der Waals surface area contributed by atoms with Crippen LogP contribution in [-0.2, 0) is 28.6 Å². The Labute approximate surface area is 472 Å². The lowest BCUT2D eigenvalue weighted by molar-refractivity contribution is -0.167. The standard InChI is InChI=1S/C70H126O6/c1-4-7-10-13-16-19-22-25-28-30-31-32-33-34-35-36-37-38-39-41-42-45-48-51-54-57-60-63-69(72)75-66-67(65-74-68(71)62-59-56-53-50-47-44-27-24-21-18-15-12-9-6-3)76-70(73)64-61-58-55-52-49-46-43-40-29-26-23-20-17-14-11-8-5-2/h8,11,15,17-18,20,24,26-27,29,67H,4-7,9-10,12-14,16,19,21-23,25,28,30-66H2,1-3H3/b11-8-,18-15-,20-17-,27-24-,29-26-. The third-order valence-electron chi connectivity index (χ3n) is 14.8. The molecule has 0 radical (unpaired) electrons. The van der Waals surface area contributed by atoms with Gasteiger partial charge in [0.15, 0.2) is 6.10 Å². The van der Waals surface area contributed by atoms with Crippen molar-refractivity contribution >= 4 is 17.9 Å². The van der Waals surface area contributed by atoms with Gasteiger partial charge < -0.3 is 14.2 Å². The van der Waals surface area contributed by atoms with Gasteiger partial charge in [0.1, 0.15) is 13.2 Å². The van der Waals surface area contributed by atoms with Crippen molar-refractivity contribution in [2.45, 2.75) is 354 Å². The van der Waals surface area contributed by atoms with Crippen molar-refractivity contribution in [3.05, 3.63) is 60.8 Å². The zero-order valence-electron chi connectivity index (χ0n) is 50.8. The van der Waals surface area contributed by atoms with E-state index in [-0.39, 0.29) is 31.1 Å². The summed E-state index contributed by atoms with van der Waals surface area (Å²) < 4.78 is 16.9. The minimum atomic E-state index is -0.785. The van der Waals surface area contributed by atoms with Crippen LogP contribution in [0, 0.1) is 0 Å². The first-order valence-electron chi connectivity index (χ1n) is 33.3. The zero-order valence-corrected chi connectivity index (χ0v) is 50.8. The van der Waals surface area contributed by atoms with Crippen LogP contribution >= 0.6 is 0 Å². The Balaban J connectivity index is 4.24. The molecule has 0 aliphatic rings. The van der Waals surface area contributed by atoms with Crippen LogP contribution < -0.4 is 0 Å². The van der Waals surface area contributed by atoms with Crippen LogP contribution in [0.5, 0.6) is 0 Å². The molecule has 0 saturated heterocycles. The summed E-state index contributed by atoms with van der Waals surface area (Å²) in [5, 5.41) is 0. The second-order valence-electron chi connectivity index (χ2n) is 22.4. The maximum atomic E-state index is 12.9.